The van der Waals surface area contributed by atoms with Gasteiger partial charge in [-0.25, -0.2) is 4.79 Å². The number of fused-ring (bicyclic) bond motifs is 3. The van der Waals surface area contributed by atoms with Gasteiger partial charge in [-0.15, -0.1) is 0 Å². The first-order chi connectivity index (χ1) is 14.0. The lowest BCUT2D eigenvalue weighted by atomic mass is 10.0. The Bertz CT molecular complexity index is 954. The number of benzene rings is 1. The second-order valence-electron chi connectivity index (χ2n) is 7.14. The van der Waals surface area contributed by atoms with E-state index < -0.39 is 24.1 Å². The van der Waals surface area contributed by atoms with E-state index in [-0.39, 0.29) is 13.0 Å². The lowest BCUT2D eigenvalue weighted by Crippen LogP contribution is -2.35. The van der Waals surface area contributed by atoms with Gasteiger partial charge >= 0.3 is 12.1 Å². The zero-order valence-electron chi connectivity index (χ0n) is 16.1. The Morgan fingerprint density at radius 3 is 3.00 bits per heavy atom. The molecule has 2 aliphatic rings. The van der Waals surface area contributed by atoms with Gasteiger partial charge in [-0.3, -0.25) is 19.6 Å². The van der Waals surface area contributed by atoms with Gasteiger partial charge in [0.05, 0.1) is 32.1 Å². The highest BCUT2D eigenvalue weighted by Crippen LogP contribution is 2.34. The van der Waals surface area contributed by atoms with Crippen molar-refractivity contribution in [3.63, 3.8) is 0 Å². The van der Waals surface area contributed by atoms with Gasteiger partial charge in [0.1, 0.15) is 12.5 Å². The van der Waals surface area contributed by atoms with Crippen LogP contribution in [0.25, 0.3) is 11.3 Å². The molecule has 1 aliphatic carbocycles. The second kappa shape index (κ2) is 7.94. The number of H-pyrrole nitrogens is 1. The summed E-state index contributed by atoms with van der Waals surface area (Å²) in [6, 6.07) is 5.92. The number of cyclic esters (lactones) is 1. The molecule has 2 heterocycles. The maximum Gasteiger partial charge on any atom is 0.414 e. The third-order valence-corrected chi connectivity index (χ3v) is 5.21. The summed E-state index contributed by atoms with van der Waals surface area (Å²) in [5.41, 5.74) is 5.28. The van der Waals surface area contributed by atoms with E-state index in [0.29, 0.717) is 6.54 Å². The van der Waals surface area contributed by atoms with Crippen LogP contribution in [0.3, 0.4) is 0 Å². The van der Waals surface area contributed by atoms with E-state index >= 15 is 0 Å². The first-order valence-electron chi connectivity index (χ1n) is 9.52. The predicted molar refractivity (Wildman–Crippen MR) is 103 cm³/mol. The van der Waals surface area contributed by atoms with Gasteiger partial charge in [-0.1, -0.05) is 6.07 Å². The number of hydrogen-bond acceptors (Lipinski definition) is 6. The van der Waals surface area contributed by atoms with Crippen LogP contribution in [0.4, 0.5) is 10.5 Å². The van der Waals surface area contributed by atoms with E-state index in [9.17, 15) is 14.4 Å². The summed E-state index contributed by atoms with van der Waals surface area (Å²) in [5, 5.41) is 9.82. The number of nitrogens with one attached hydrogen (secondary N) is 2. The molecular formula is C20H22N4O5. The van der Waals surface area contributed by atoms with E-state index in [1.807, 2.05) is 24.4 Å². The molecule has 0 bridgehead atoms. The number of amides is 2. The summed E-state index contributed by atoms with van der Waals surface area (Å²) < 4.78 is 9.82. The number of aromatic nitrogens is 2. The number of rotatable bonds is 5. The summed E-state index contributed by atoms with van der Waals surface area (Å²) >= 11 is 0. The Balaban J connectivity index is 1.43. The molecule has 0 spiro atoms. The van der Waals surface area contributed by atoms with Gasteiger partial charge in [0.2, 0.25) is 5.91 Å². The molecule has 1 fully saturated rings. The lowest BCUT2D eigenvalue weighted by Gasteiger charge is -2.16. The van der Waals surface area contributed by atoms with Gasteiger partial charge < -0.3 is 14.8 Å². The van der Waals surface area contributed by atoms with Crippen molar-refractivity contribution in [3.8, 4) is 11.3 Å². The normalized spacial score (nSPS) is 17.8. The molecule has 1 unspecified atom stereocenters. The maximum absolute atomic E-state index is 12.3. The SMILES string of the molecule is COC(=O)CC(=O)NCC1CN(c2ccc3c(c2)CCCc2cn[nH]c2-3)C(=O)O1. The minimum atomic E-state index is -0.613. The number of aromatic amines is 1. The van der Waals surface area contributed by atoms with Crippen LogP contribution < -0.4 is 10.2 Å². The Hall–Kier alpha value is -3.36. The van der Waals surface area contributed by atoms with Crippen LogP contribution >= 0.6 is 0 Å². The molecule has 1 atom stereocenters. The number of aryl methyl sites for hydroxylation is 2. The summed E-state index contributed by atoms with van der Waals surface area (Å²) in [6.07, 6.45) is 3.48. The molecule has 1 aromatic carbocycles. The third kappa shape index (κ3) is 3.94. The molecule has 152 valence electrons. The van der Waals surface area contributed by atoms with Gasteiger partial charge in [0.15, 0.2) is 0 Å². The minimum Gasteiger partial charge on any atom is -0.469 e. The number of hydrogen-bond donors (Lipinski definition) is 2. The summed E-state index contributed by atoms with van der Waals surface area (Å²) in [5.74, 6) is -1.08. The van der Waals surface area contributed by atoms with Crippen LogP contribution in [0.15, 0.2) is 24.4 Å². The topological polar surface area (TPSA) is 114 Å². The van der Waals surface area contributed by atoms with Crippen molar-refractivity contribution in [2.75, 3.05) is 25.1 Å². The number of methoxy groups -OCH3 is 1. The number of anilines is 1. The summed E-state index contributed by atoms with van der Waals surface area (Å²) in [4.78, 5) is 36.7. The number of esters is 1. The molecule has 2 amide bonds. The van der Waals surface area contributed by atoms with Crippen molar-refractivity contribution in [2.45, 2.75) is 31.8 Å². The smallest absolute Gasteiger partial charge is 0.414 e. The Morgan fingerprint density at radius 1 is 1.34 bits per heavy atom. The van der Waals surface area contributed by atoms with Crippen LogP contribution in [0, 0.1) is 0 Å². The zero-order valence-corrected chi connectivity index (χ0v) is 16.1. The minimum absolute atomic E-state index is 0.139. The highest BCUT2D eigenvalue weighted by molar-refractivity contribution is 5.94. The second-order valence-corrected chi connectivity index (χ2v) is 7.14. The van der Waals surface area contributed by atoms with Crippen molar-refractivity contribution in [1.29, 1.82) is 0 Å². The van der Waals surface area contributed by atoms with Gasteiger partial charge in [0.25, 0.3) is 0 Å². The molecular weight excluding hydrogens is 376 g/mol. The van der Waals surface area contributed by atoms with Crippen LogP contribution in [0.2, 0.25) is 0 Å². The van der Waals surface area contributed by atoms with Gasteiger partial charge in [-0.05, 0) is 42.5 Å². The number of nitrogens with zero attached hydrogens (tertiary/aromatic N) is 2. The van der Waals surface area contributed by atoms with Gasteiger partial charge in [0, 0.05) is 11.3 Å². The fourth-order valence-corrected chi connectivity index (χ4v) is 3.73. The largest absolute Gasteiger partial charge is 0.469 e. The zero-order chi connectivity index (χ0) is 20.4. The van der Waals surface area contributed by atoms with Crippen molar-refractivity contribution in [3.05, 3.63) is 35.5 Å². The van der Waals surface area contributed by atoms with E-state index in [1.165, 1.54) is 12.7 Å². The Labute approximate surface area is 167 Å². The first kappa shape index (κ1) is 19.0. The molecule has 0 radical (unpaired) electrons. The maximum atomic E-state index is 12.3. The Kier molecular flexibility index (Phi) is 5.20. The standard InChI is InChI=1S/C20H22N4O5/c1-28-18(26)8-17(25)21-10-15-11-24(20(27)29-15)14-5-6-16-12(7-14)3-2-4-13-9-22-23-19(13)16/h5-7,9,15H,2-4,8,10-11H2,1H3,(H,21,25)(H,22,23). The summed E-state index contributed by atoms with van der Waals surface area (Å²) in [6.45, 7) is 0.464. The highest BCUT2D eigenvalue weighted by atomic mass is 16.6. The van der Waals surface area contributed by atoms with Crippen molar-refractivity contribution < 1.29 is 23.9 Å². The third-order valence-electron chi connectivity index (χ3n) is 5.21. The van der Waals surface area contributed by atoms with Crippen LogP contribution in [-0.4, -0.2) is 54.5 Å². The van der Waals surface area contributed by atoms with E-state index in [4.69, 9.17) is 4.74 Å². The average molecular weight is 398 g/mol. The molecule has 9 heteroatoms. The first-order valence-corrected chi connectivity index (χ1v) is 9.52. The number of ether oxygens (including phenoxy) is 2. The fraction of sp³-hybridized carbons (Fsp3) is 0.400. The lowest BCUT2D eigenvalue weighted by molar-refractivity contribution is -0.143. The molecule has 29 heavy (non-hydrogen) atoms. The molecule has 9 nitrogen and oxygen atoms in total. The molecule has 2 aromatic rings. The highest BCUT2D eigenvalue weighted by Gasteiger charge is 2.33. The monoisotopic (exact) mass is 398 g/mol. The molecule has 2 N–H and O–H groups in total. The van der Waals surface area contributed by atoms with E-state index in [2.05, 4.69) is 20.3 Å². The van der Waals surface area contributed by atoms with E-state index in [1.54, 1.807) is 4.90 Å². The average Bonchev–Trinajstić information content (AvgIpc) is 3.28. The van der Waals surface area contributed by atoms with Crippen molar-refractivity contribution in [2.24, 2.45) is 0 Å². The fourth-order valence-electron chi connectivity index (χ4n) is 3.73. The van der Waals surface area contributed by atoms with Gasteiger partial charge in [-0.2, -0.15) is 5.10 Å². The Morgan fingerprint density at radius 2 is 2.17 bits per heavy atom. The number of carbonyl (C=O) groups is 3. The van der Waals surface area contributed by atoms with Crippen LogP contribution in [0.5, 0.6) is 0 Å². The number of carbonyl (C=O) groups excluding carboxylic acids is 3. The van der Waals surface area contributed by atoms with E-state index in [0.717, 1.165) is 41.8 Å². The molecule has 1 aromatic heterocycles. The molecule has 0 saturated carbocycles. The quantitative estimate of drug-likeness (QED) is 0.584. The predicted octanol–water partition coefficient (Wildman–Crippen LogP) is 1.57. The molecule has 1 saturated heterocycles. The molecule has 4 rings (SSSR count). The van der Waals surface area contributed by atoms with Crippen LogP contribution in [-0.2, 0) is 31.9 Å². The van der Waals surface area contributed by atoms with Crippen molar-refractivity contribution in [1.82, 2.24) is 15.5 Å². The van der Waals surface area contributed by atoms with Crippen molar-refractivity contribution >= 4 is 23.7 Å². The summed E-state index contributed by atoms with van der Waals surface area (Å²) in [7, 11) is 1.22. The molecule has 1 aliphatic heterocycles. The van der Waals surface area contributed by atoms with Crippen LogP contribution in [0.1, 0.15) is 24.0 Å².